The van der Waals surface area contributed by atoms with Gasteiger partial charge in [-0.3, -0.25) is 14.2 Å². The monoisotopic (exact) mass is 387 g/mol. The van der Waals surface area contributed by atoms with Gasteiger partial charge in [0.25, 0.3) is 5.56 Å². The Morgan fingerprint density at radius 3 is 2.81 bits per heavy atom. The molecule has 0 bridgehead atoms. The molecule has 0 radical (unpaired) electrons. The summed E-state index contributed by atoms with van der Waals surface area (Å²) >= 11 is 1.67. The maximum atomic E-state index is 12.9. The number of amides is 1. The third-order valence-electron chi connectivity index (χ3n) is 6.31. The minimum absolute atomic E-state index is 0.0238. The van der Waals surface area contributed by atoms with Crippen molar-refractivity contribution in [1.82, 2.24) is 14.9 Å². The maximum Gasteiger partial charge on any atom is 0.262 e. The highest BCUT2D eigenvalue weighted by molar-refractivity contribution is 7.18. The number of hydrogen-bond donors (Lipinski definition) is 1. The first kappa shape index (κ1) is 18.7. The highest BCUT2D eigenvalue weighted by Gasteiger charge is 2.22. The van der Waals surface area contributed by atoms with Crippen LogP contribution in [0.3, 0.4) is 0 Å². The van der Waals surface area contributed by atoms with E-state index in [4.69, 9.17) is 0 Å². The van der Waals surface area contributed by atoms with Gasteiger partial charge in [-0.25, -0.2) is 4.98 Å². The Kier molecular flexibility index (Phi) is 5.62. The highest BCUT2D eigenvalue weighted by atomic mass is 32.1. The fourth-order valence-corrected chi connectivity index (χ4v) is 5.80. The summed E-state index contributed by atoms with van der Waals surface area (Å²) in [6.45, 7) is 2.65. The summed E-state index contributed by atoms with van der Waals surface area (Å²) in [6.07, 6.45) is 12.2. The molecule has 27 heavy (non-hydrogen) atoms. The van der Waals surface area contributed by atoms with E-state index in [2.05, 4.69) is 17.2 Å². The lowest BCUT2D eigenvalue weighted by Crippen LogP contribution is -2.38. The van der Waals surface area contributed by atoms with Crippen molar-refractivity contribution >= 4 is 27.5 Å². The predicted molar refractivity (Wildman–Crippen MR) is 109 cm³/mol. The van der Waals surface area contributed by atoms with Gasteiger partial charge in [-0.05, 0) is 62.8 Å². The Balaban J connectivity index is 1.39. The fourth-order valence-electron chi connectivity index (χ4n) is 4.58. The molecule has 0 saturated heterocycles. The first-order valence-electron chi connectivity index (χ1n) is 10.4. The van der Waals surface area contributed by atoms with Crippen LogP contribution in [0.1, 0.15) is 68.7 Å². The van der Waals surface area contributed by atoms with E-state index in [9.17, 15) is 9.59 Å². The smallest absolute Gasteiger partial charge is 0.262 e. The molecule has 146 valence electrons. The van der Waals surface area contributed by atoms with Crippen molar-refractivity contribution in [2.45, 2.75) is 83.7 Å². The van der Waals surface area contributed by atoms with Gasteiger partial charge in [-0.15, -0.1) is 11.3 Å². The van der Waals surface area contributed by atoms with Gasteiger partial charge in [-0.1, -0.05) is 13.3 Å². The molecule has 6 heteroatoms. The van der Waals surface area contributed by atoms with Crippen molar-refractivity contribution in [3.63, 3.8) is 0 Å². The molecule has 0 aliphatic heterocycles. The van der Waals surface area contributed by atoms with Gasteiger partial charge >= 0.3 is 0 Å². The van der Waals surface area contributed by atoms with Crippen LogP contribution in [0.4, 0.5) is 0 Å². The van der Waals surface area contributed by atoms with E-state index in [0.717, 1.165) is 48.2 Å². The third kappa shape index (κ3) is 3.96. The average Bonchev–Trinajstić information content (AvgIpc) is 3.07. The van der Waals surface area contributed by atoms with Crippen LogP contribution >= 0.6 is 11.3 Å². The van der Waals surface area contributed by atoms with Crippen LogP contribution in [0.15, 0.2) is 11.1 Å². The molecule has 1 amide bonds. The lowest BCUT2D eigenvalue weighted by Gasteiger charge is -2.28. The third-order valence-corrected chi connectivity index (χ3v) is 7.51. The van der Waals surface area contributed by atoms with Crippen LogP contribution < -0.4 is 10.9 Å². The summed E-state index contributed by atoms with van der Waals surface area (Å²) in [4.78, 5) is 32.0. The van der Waals surface area contributed by atoms with E-state index in [1.807, 2.05) is 0 Å². The number of aromatic nitrogens is 2. The van der Waals surface area contributed by atoms with E-state index in [-0.39, 0.29) is 11.5 Å². The summed E-state index contributed by atoms with van der Waals surface area (Å²) in [6, 6.07) is 0.307. The van der Waals surface area contributed by atoms with Crippen molar-refractivity contribution < 1.29 is 4.79 Å². The van der Waals surface area contributed by atoms with Gasteiger partial charge in [0.2, 0.25) is 5.91 Å². The van der Waals surface area contributed by atoms with Crippen molar-refractivity contribution in [3.05, 3.63) is 27.1 Å². The van der Waals surface area contributed by atoms with Gasteiger partial charge in [0, 0.05) is 23.9 Å². The summed E-state index contributed by atoms with van der Waals surface area (Å²) in [5, 5.41) is 3.96. The number of hydrogen-bond acceptors (Lipinski definition) is 4. The van der Waals surface area contributed by atoms with Gasteiger partial charge < -0.3 is 5.32 Å². The average molecular weight is 388 g/mol. The largest absolute Gasteiger partial charge is 0.353 e. The zero-order valence-corrected chi connectivity index (χ0v) is 16.9. The zero-order chi connectivity index (χ0) is 18.8. The van der Waals surface area contributed by atoms with Gasteiger partial charge in [0.05, 0.1) is 11.7 Å². The van der Waals surface area contributed by atoms with E-state index < -0.39 is 0 Å². The standard InChI is InChI=1S/C21H29N3O2S/c1-2-14-7-9-15(10-8-14)23-18(25)11-12-24-13-22-20-19(21(24)26)16-5-3-4-6-17(16)27-20/h13-15H,2-12H2,1H3,(H,23,25). The topological polar surface area (TPSA) is 64.0 Å². The Hall–Kier alpha value is -1.69. The first-order valence-corrected chi connectivity index (χ1v) is 11.3. The van der Waals surface area contributed by atoms with E-state index in [1.165, 1.54) is 36.1 Å². The van der Waals surface area contributed by atoms with Crippen molar-refractivity contribution in [2.24, 2.45) is 5.92 Å². The molecular formula is C21H29N3O2S. The molecule has 2 aliphatic carbocycles. The number of nitrogens with zero attached hydrogens (tertiary/aromatic N) is 2. The minimum atomic E-state index is 0.0238. The SMILES string of the molecule is CCC1CCC(NC(=O)CCn2cnc3sc4c(c3c2=O)CCCC4)CC1. The Bertz CT molecular complexity index is 877. The molecule has 2 aromatic heterocycles. The van der Waals surface area contributed by atoms with Crippen molar-refractivity contribution in [2.75, 3.05) is 0 Å². The fraction of sp³-hybridized carbons (Fsp3) is 0.667. The van der Waals surface area contributed by atoms with Crippen LogP contribution in [0.25, 0.3) is 10.2 Å². The normalized spacial score (nSPS) is 22.6. The molecule has 1 N–H and O–H groups in total. The zero-order valence-electron chi connectivity index (χ0n) is 16.1. The van der Waals surface area contributed by atoms with Crippen molar-refractivity contribution in [1.29, 1.82) is 0 Å². The van der Waals surface area contributed by atoms with Crippen LogP contribution in [0.2, 0.25) is 0 Å². The molecule has 2 aromatic rings. The van der Waals surface area contributed by atoms with Gasteiger partial charge in [0.15, 0.2) is 0 Å². The second kappa shape index (κ2) is 8.13. The lowest BCUT2D eigenvalue weighted by molar-refractivity contribution is -0.122. The second-order valence-electron chi connectivity index (χ2n) is 8.08. The summed E-state index contributed by atoms with van der Waals surface area (Å²) in [7, 11) is 0. The molecule has 2 heterocycles. The highest BCUT2D eigenvalue weighted by Crippen LogP contribution is 2.33. The van der Waals surface area contributed by atoms with E-state index in [0.29, 0.717) is 19.0 Å². The van der Waals surface area contributed by atoms with Crippen LogP contribution in [-0.2, 0) is 24.2 Å². The van der Waals surface area contributed by atoms with Crippen LogP contribution in [0, 0.1) is 5.92 Å². The first-order chi connectivity index (χ1) is 13.2. The van der Waals surface area contributed by atoms with Crippen molar-refractivity contribution in [3.8, 4) is 0 Å². The Morgan fingerprint density at radius 2 is 2.04 bits per heavy atom. The Morgan fingerprint density at radius 1 is 1.26 bits per heavy atom. The molecule has 1 saturated carbocycles. The molecule has 5 nitrogen and oxygen atoms in total. The van der Waals surface area contributed by atoms with E-state index >= 15 is 0 Å². The quantitative estimate of drug-likeness (QED) is 0.848. The molecule has 0 atom stereocenters. The molecule has 0 aromatic carbocycles. The number of rotatable bonds is 5. The summed E-state index contributed by atoms with van der Waals surface area (Å²) in [5.41, 5.74) is 1.24. The van der Waals surface area contributed by atoms with Crippen LogP contribution in [-0.4, -0.2) is 21.5 Å². The second-order valence-corrected chi connectivity index (χ2v) is 9.16. The Labute approximate surface area is 164 Å². The molecule has 0 unspecified atom stereocenters. The number of carbonyl (C=O) groups is 1. The lowest BCUT2D eigenvalue weighted by atomic mass is 9.84. The molecule has 2 aliphatic rings. The summed E-state index contributed by atoms with van der Waals surface area (Å²) < 4.78 is 1.62. The van der Waals surface area contributed by atoms with E-state index in [1.54, 1.807) is 22.2 Å². The molecule has 4 rings (SSSR count). The van der Waals surface area contributed by atoms with Gasteiger partial charge in [-0.2, -0.15) is 0 Å². The predicted octanol–water partition coefficient (Wildman–Crippen LogP) is 3.81. The number of aryl methyl sites for hydroxylation is 3. The van der Waals surface area contributed by atoms with Gasteiger partial charge in [0.1, 0.15) is 4.83 Å². The van der Waals surface area contributed by atoms with Crippen LogP contribution in [0.5, 0.6) is 0 Å². The number of nitrogens with one attached hydrogen (secondary N) is 1. The number of carbonyl (C=O) groups excluding carboxylic acids is 1. The number of fused-ring (bicyclic) bond motifs is 3. The number of thiophene rings is 1. The molecular weight excluding hydrogens is 358 g/mol. The minimum Gasteiger partial charge on any atom is -0.353 e. The molecule has 0 spiro atoms. The maximum absolute atomic E-state index is 12.9. The molecule has 1 fully saturated rings. The summed E-state index contributed by atoms with van der Waals surface area (Å²) in [5.74, 6) is 0.875.